The van der Waals surface area contributed by atoms with Crippen molar-refractivity contribution in [2.24, 2.45) is 0 Å². The topological polar surface area (TPSA) is 64.9 Å². The molecule has 2 aliphatic heterocycles. The molecule has 0 spiro atoms. The summed E-state index contributed by atoms with van der Waals surface area (Å²) in [6.07, 6.45) is 5.01. The summed E-state index contributed by atoms with van der Waals surface area (Å²) in [5.74, 6) is 2.05. The van der Waals surface area contributed by atoms with Crippen molar-refractivity contribution in [1.29, 1.82) is 0 Å². The fourth-order valence-electron chi connectivity index (χ4n) is 4.77. The number of fused-ring (bicyclic) bond motifs is 3. The van der Waals surface area contributed by atoms with E-state index in [4.69, 9.17) is 4.74 Å². The predicted molar refractivity (Wildman–Crippen MR) is 128 cm³/mol. The van der Waals surface area contributed by atoms with E-state index >= 15 is 0 Å². The highest BCUT2D eigenvalue weighted by Crippen LogP contribution is 2.50. The number of nitrogens with one attached hydrogen (secondary N) is 1. The lowest BCUT2D eigenvalue weighted by atomic mass is 9.84. The molecule has 1 N–H and O–H groups in total. The third-order valence-electron chi connectivity index (χ3n) is 6.48. The van der Waals surface area contributed by atoms with Crippen molar-refractivity contribution in [3.8, 4) is 5.75 Å². The maximum absolute atomic E-state index is 6.71. The molecular formula is C27H25N5O. The lowest BCUT2D eigenvalue weighted by molar-refractivity contribution is 0.223. The summed E-state index contributed by atoms with van der Waals surface area (Å²) in [4.78, 5) is 8.89. The minimum absolute atomic E-state index is 0.184. The van der Waals surface area contributed by atoms with Gasteiger partial charge in [0, 0.05) is 23.5 Å². The van der Waals surface area contributed by atoms with Crippen molar-refractivity contribution in [2.45, 2.75) is 38.8 Å². The fraction of sp³-hybridized carbons (Fsp3) is 0.222. The van der Waals surface area contributed by atoms with E-state index in [-0.39, 0.29) is 12.1 Å². The molecule has 6 nitrogen and oxygen atoms in total. The van der Waals surface area contributed by atoms with Gasteiger partial charge in [-0.15, -0.1) is 0 Å². The maximum atomic E-state index is 6.71. The van der Waals surface area contributed by atoms with Gasteiger partial charge >= 0.3 is 0 Å². The monoisotopic (exact) mass is 435 g/mol. The predicted octanol–water partition coefficient (Wildman–Crippen LogP) is 5.66. The van der Waals surface area contributed by atoms with Crippen molar-refractivity contribution in [3.05, 3.63) is 107 Å². The van der Waals surface area contributed by atoms with E-state index in [9.17, 15) is 0 Å². The Kier molecular flexibility index (Phi) is 4.54. The first kappa shape index (κ1) is 19.7. The molecule has 4 aromatic rings. The zero-order chi connectivity index (χ0) is 22.5. The Labute approximate surface area is 193 Å². The third-order valence-corrected chi connectivity index (χ3v) is 6.48. The Morgan fingerprint density at radius 1 is 1.03 bits per heavy atom. The lowest BCUT2D eigenvalue weighted by Crippen LogP contribution is -2.32. The molecule has 2 atom stereocenters. The van der Waals surface area contributed by atoms with Crippen molar-refractivity contribution >= 4 is 11.6 Å². The van der Waals surface area contributed by atoms with E-state index in [2.05, 4.69) is 89.7 Å². The van der Waals surface area contributed by atoms with Gasteiger partial charge in [0.25, 0.3) is 0 Å². The Bertz CT molecular complexity index is 1360. The van der Waals surface area contributed by atoms with Gasteiger partial charge in [-0.25, -0.2) is 4.68 Å². The standard InChI is InChI=1S/C27H25N5O/c1-16(2)18-7-9-19(10-8-18)26-23-24(21-13-17(3)6-11-22(21)33-26)31-27-29-15-30-32(27)25(23)20-5-4-12-28-14-20/h4-16,25-26H,1-3H3,(H,29,30,31)/t25-,26-/m1/s1. The Morgan fingerprint density at radius 2 is 1.88 bits per heavy atom. The third kappa shape index (κ3) is 3.21. The van der Waals surface area contributed by atoms with E-state index < -0.39 is 0 Å². The summed E-state index contributed by atoms with van der Waals surface area (Å²) in [6.45, 7) is 6.52. The minimum Gasteiger partial charge on any atom is -0.480 e. The van der Waals surface area contributed by atoms with Crippen LogP contribution in [0.4, 0.5) is 5.95 Å². The molecule has 164 valence electrons. The summed E-state index contributed by atoms with van der Waals surface area (Å²) in [5, 5.41) is 8.13. The number of benzene rings is 2. The molecule has 4 heterocycles. The van der Waals surface area contributed by atoms with Gasteiger partial charge in [0.1, 0.15) is 24.2 Å². The molecule has 2 aliphatic rings. The molecule has 0 radical (unpaired) electrons. The Hall–Kier alpha value is -3.93. The van der Waals surface area contributed by atoms with Crippen LogP contribution < -0.4 is 10.1 Å². The molecule has 6 rings (SSSR count). The smallest absolute Gasteiger partial charge is 0.226 e. The van der Waals surface area contributed by atoms with Crippen LogP contribution in [0.5, 0.6) is 5.75 Å². The second-order valence-electron chi connectivity index (χ2n) is 8.99. The van der Waals surface area contributed by atoms with Crippen LogP contribution in [0.25, 0.3) is 5.70 Å². The van der Waals surface area contributed by atoms with Crippen LogP contribution in [0.1, 0.15) is 59.7 Å². The van der Waals surface area contributed by atoms with Crippen molar-refractivity contribution in [2.75, 3.05) is 5.32 Å². The highest BCUT2D eigenvalue weighted by atomic mass is 16.5. The molecule has 0 amide bonds. The average molecular weight is 436 g/mol. The van der Waals surface area contributed by atoms with Crippen LogP contribution in [0.15, 0.2) is 78.9 Å². The first-order chi connectivity index (χ1) is 16.1. The van der Waals surface area contributed by atoms with Gasteiger partial charge in [0.05, 0.1) is 5.70 Å². The molecule has 0 bridgehead atoms. The Balaban J connectivity index is 1.59. The molecule has 2 aromatic carbocycles. The maximum Gasteiger partial charge on any atom is 0.226 e. The number of rotatable bonds is 3. The zero-order valence-corrected chi connectivity index (χ0v) is 18.9. The van der Waals surface area contributed by atoms with Gasteiger partial charge in [0.2, 0.25) is 5.95 Å². The van der Waals surface area contributed by atoms with Crippen LogP contribution in [0.2, 0.25) is 0 Å². The number of nitrogens with zero attached hydrogens (tertiary/aromatic N) is 4. The SMILES string of the molecule is Cc1ccc2c(c1)C1=C([C@@H](c3ccc(C(C)C)cc3)O2)[C@@H](c2cccnc2)n2ncnc2N1. The fourth-order valence-corrected chi connectivity index (χ4v) is 4.77. The molecule has 0 fully saturated rings. The van der Waals surface area contributed by atoms with Crippen molar-refractivity contribution < 1.29 is 4.74 Å². The normalized spacial score (nSPS) is 18.8. The number of aromatic nitrogens is 4. The van der Waals surface area contributed by atoms with Crippen LogP contribution in [-0.4, -0.2) is 19.7 Å². The van der Waals surface area contributed by atoms with Crippen LogP contribution >= 0.6 is 0 Å². The van der Waals surface area contributed by atoms with Crippen molar-refractivity contribution in [1.82, 2.24) is 19.7 Å². The quantitative estimate of drug-likeness (QED) is 0.449. The van der Waals surface area contributed by atoms with E-state index in [0.717, 1.165) is 33.7 Å². The number of aryl methyl sites for hydroxylation is 1. The first-order valence-electron chi connectivity index (χ1n) is 11.3. The summed E-state index contributed by atoms with van der Waals surface area (Å²) in [5.41, 5.74) is 7.82. The lowest BCUT2D eigenvalue weighted by Gasteiger charge is -2.39. The summed E-state index contributed by atoms with van der Waals surface area (Å²) in [6, 6.07) is 18.9. The molecule has 6 heteroatoms. The highest BCUT2D eigenvalue weighted by molar-refractivity contribution is 5.85. The number of hydrogen-bond acceptors (Lipinski definition) is 5. The molecule has 0 aliphatic carbocycles. The second kappa shape index (κ2) is 7.59. The molecular weight excluding hydrogens is 410 g/mol. The molecule has 2 aromatic heterocycles. The zero-order valence-electron chi connectivity index (χ0n) is 18.9. The average Bonchev–Trinajstić information content (AvgIpc) is 3.31. The summed E-state index contributed by atoms with van der Waals surface area (Å²) in [7, 11) is 0. The van der Waals surface area contributed by atoms with Crippen LogP contribution in [-0.2, 0) is 0 Å². The van der Waals surface area contributed by atoms with E-state index in [0.29, 0.717) is 11.9 Å². The number of ether oxygens (including phenoxy) is 1. The van der Waals surface area contributed by atoms with E-state index in [1.807, 2.05) is 16.9 Å². The number of anilines is 1. The van der Waals surface area contributed by atoms with Gasteiger partial charge in [-0.05, 0) is 47.7 Å². The number of hydrogen-bond donors (Lipinski definition) is 1. The van der Waals surface area contributed by atoms with Gasteiger partial charge in [-0.3, -0.25) is 4.98 Å². The first-order valence-corrected chi connectivity index (χ1v) is 11.3. The molecule has 0 unspecified atom stereocenters. The van der Waals surface area contributed by atoms with Crippen molar-refractivity contribution in [3.63, 3.8) is 0 Å². The summed E-state index contributed by atoms with van der Waals surface area (Å²) >= 11 is 0. The second-order valence-corrected chi connectivity index (χ2v) is 8.99. The molecule has 0 saturated carbocycles. The minimum atomic E-state index is -0.272. The molecule has 0 saturated heterocycles. The van der Waals surface area contributed by atoms with Crippen LogP contribution in [0, 0.1) is 6.92 Å². The van der Waals surface area contributed by atoms with Gasteiger partial charge < -0.3 is 10.1 Å². The van der Waals surface area contributed by atoms with Gasteiger partial charge in [-0.2, -0.15) is 10.1 Å². The van der Waals surface area contributed by atoms with Gasteiger partial charge in [-0.1, -0.05) is 55.8 Å². The molecule has 33 heavy (non-hydrogen) atoms. The summed E-state index contributed by atoms with van der Waals surface area (Å²) < 4.78 is 8.63. The van der Waals surface area contributed by atoms with E-state index in [1.165, 1.54) is 11.1 Å². The van der Waals surface area contributed by atoms with E-state index in [1.54, 1.807) is 12.5 Å². The Morgan fingerprint density at radius 3 is 2.64 bits per heavy atom. The number of pyridine rings is 1. The van der Waals surface area contributed by atoms with Crippen LogP contribution in [0.3, 0.4) is 0 Å². The van der Waals surface area contributed by atoms with Gasteiger partial charge in [0.15, 0.2) is 0 Å². The highest BCUT2D eigenvalue weighted by Gasteiger charge is 2.41. The largest absolute Gasteiger partial charge is 0.480 e.